The summed E-state index contributed by atoms with van der Waals surface area (Å²) in [6.45, 7) is 5.26. The van der Waals surface area contributed by atoms with E-state index in [1.165, 1.54) is 28.3 Å². The van der Waals surface area contributed by atoms with E-state index in [0.717, 1.165) is 28.0 Å². The van der Waals surface area contributed by atoms with Crippen molar-refractivity contribution in [3.05, 3.63) is 46.5 Å². The summed E-state index contributed by atoms with van der Waals surface area (Å²) in [4.78, 5) is 11.9. The van der Waals surface area contributed by atoms with Gasteiger partial charge in [0, 0.05) is 24.5 Å². The third-order valence-corrected chi connectivity index (χ3v) is 5.62. The van der Waals surface area contributed by atoms with E-state index < -0.39 is 12.1 Å². The third-order valence-electron chi connectivity index (χ3n) is 5.62. The maximum absolute atomic E-state index is 11.9. The van der Waals surface area contributed by atoms with Gasteiger partial charge in [0.25, 0.3) is 0 Å². The number of allylic oxidation sites excluding steroid dienone is 1. The Bertz CT molecular complexity index is 1090. The van der Waals surface area contributed by atoms with Crippen molar-refractivity contribution in [3.63, 3.8) is 0 Å². The van der Waals surface area contributed by atoms with Crippen LogP contribution in [0.25, 0.3) is 11.1 Å². The number of hydrogen-bond acceptors (Lipinski definition) is 8. The molecule has 176 valence electrons. The highest BCUT2D eigenvalue weighted by Crippen LogP contribution is 2.46. The highest BCUT2D eigenvalue weighted by atomic mass is 16.5. The molecule has 0 amide bonds. The smallest absolute Gasteiger partial charge is 0.303 e. The van der Waals surface area contributed by atoms with Gasteiger partial charge in [-0.3, -0.25) is 4.79 Å². The number of rotatable bonds is 7. The standard InChI is InChI=1S/C25H29NO7/c1-13-8-16(9-14(2)24(13)31-6)23-19(33-15(3)27)12-18(26-28)22(23)17-10-20(29-4)25(32-7)21(11-17)30-5/h8-11,19,28H,12H2,1-7H3/b26-18+. The van der Waals surface area contributed by atoms with Gasteiger partial charge in [-0.2, -0.15) is 0 Å². The summed E-state index contributed by atoms with van der Waals surface area (Å²) in [5.74, 6) is 1.71. The number of ether oxygens (including phenoxy) is 5. The van der Waals surface area contributed by atoms with E-state index in [0.29, 0.717) is 34.1 Å². The van der Waals surface area contributed by atoms with Gasteiger partial charge in [0.15, 0.2) is 11.5 Å². The van der Waals surface area contributed by atoms with Gasteiger partial charge in [-0.05, 0) is 60.4 Å². The molecule has 33 heavy (non-hydrogen) atoms. The molecule has 0 saturated heterocycles. The molecule has 1 atom stereocenters. The Morgan fingerprint density at radius 1 is 0.879 bits per heavy atom. The molecule has 1 aliphatic rings. The van der Waals surface area contributed by atoms with Crippen LogP contribution in [-0.2, 0) is 9.53 Å². The van der Waals surface area contributed by atoms with Crippen molar-refractivity contribution in [2.24, 2.45) is 5.16 Å². The van der Waals surface area contributed by atoms with Gasteiger partial charge in [0.2, 0.25) is 5.75 Å². The van der Waals surface area contributed by atoms with E-state index in [1.54, 1.807) is 19.2 Å². The van der Waals surface area contributed by atoms with E-state index >= 15 is 0 Å². The third kappa shape index (κ3) is 4.46. The molecule has 0 aliphatic heterocycles. The van der Waals surface area contributed by atoms with Crippen LogP contribution in [0.4, 0.5) is 0 Å². The first-order valence-corrected chi connectivity index (χ1v) is 10.4. The molecule has 1 aliphatic carbocycles. The summed E-state index contributed by atoms with van der Waals surface area (Å²) >= 11 is 0. The maximum atomic E-state index is 11.9. The Morgan fingerprint density at radius 3 is 1.85 bits per heavy atom. The van der Waals surface area contributed by atoms with Crippen LogP contribution in [0.2, 0.25) is 0 Å². The van der Waals surface area contributed by atoms with Crippen LogP contribution in [0.3, 0.4) is 0 Å². The molecule has 0 fully saturated rings. The summed E-state index contributed by atoms with van der Waals surface area (Å²) in [5, 5.41) is 13.4. The van der Waals surface area contributed by atoms with Crippen molar-refractivity contribution in [1.29, 1.82) is 0 Å². The fourth-order valence-electron chi connectivity index (χ4n) is 4.39. The van der Waals surface area contributed by atoms with Gasteiger partial charge in [-0.25, -0.2) is 0 Å². The predicted molar refractivity (Wildman–Crippen MR) is 125 cm³/mol. The molecular weight excluding hydrogens is 426 g/mol. The number of aryl methyl sites for hydroxylation is 2. The number of hydrogen-bond donors (Lipinski definition) is 1. The van der Waals surface area contributed by atoms with Crippen LogP contribution in [-0.4, -0.2) is 51.4 Å². The van der Waals surface area contributed by atoms with Gasteiger partial charge in [-0.15, -0.1) is 0 Å². The monoisotopic (exact) mass is 455 g/mol. The summed E-state index contributed by atoms with van der Waals surface area (Å²) in [7, 11) is 6.22. The minimum atomic E-state index is -0.630. The average molecular weight is 456 g/mol. The first kappa shape index (κ1) is 24.0. The number of nitrogens with zero attached hydrogens (tertiary/aromatic N) is 1. The highest BCUT2D eigenvalue weighted by molar-refractivity contribution is 6.34. The van der Waals surface area contributed by atoms with Gasteiger partial charge >= 0.3 is 5.97 Å². The quantitative estimate of drug-likeness (QED) is 0.375. The molecule has 2 aromatic rings. The van der Waals surface area contributed by atoms with Crippen LogP contribution in [0.5, 0.6) is 23.0 Å². The molecule has 2 aromatic carbocycles. The average Bonchev–Trinajstić information content (AvgIpc) is 3.15. The lowest BCUT2D eigenvalue weighted by molar-refractivity contribution is -0.143. The van der Waals surface area contributed by atoms with E-state index in [-0.39, 0.29) is 6.42 Å². The van der Waals surface area contributed by atoms with Crippen molar-refractivity contribution in [2.45, 2.75) is 33.3 Å². The molecule has 0 aromatic heterocycles. The Morgan fingerprint density at radius 2 is 1.42 bits per heavy atom. The molecule has 0 radical (unpaired) electrons. The topological polar surface area (TPSA) is 95.8 Å². The Balaban J connectivity index is 2.37. The Labute approximate surface area is 193 Å². The molecule has 0 heterocycles. The van der Waals surface area contributed by atoms with Gasteiger partial charge < -0.3 is 28.9 Å². The lowest BCUT2D eigenvalue weighted by Gasteiger charge is -2.19. The molecule has 0 bridgehead atoms. The second-order valence-electron chi connectivity index (χ2n) is 7.69. The van der Waals surface area contributed by atoms with Gasteiger partial charge in [0.05, 0.1) is 34.2 Å². The van der Waals surface area contributed by atoms with E-state index in [9.17, 15) is 10.0 Å². The number of benzene rings is 2. The number of carbonyl (C=O) groups excluding carboxylic acids is 1. The lowest BCUT2D eigenvalue weighted by atomic mass is 9.92. The molecule has 1 N–H and O–H groups in total. The zero-order valence-electron chi connectivity index (χ0n) is 19.9. The number of esters is 1. The van der Waals surface area contributed by atoms with Crippen molar-refractivity contribution in [1.82, 2.24) is 0 Å². The van der Waals surface area contributed by atoms with Crippen LogP contribution >= 0.6 is 0 Å². The zero-order chi connectivity index (χ0) is 24.3. The second-order valence-corrected chi connectivity index (χ2v) is 7.69. The van der Waals surface area contributed by atoms with Crippen LogP contribution in [0.15, 0.2) is 29.4 Å². The van der Waals surface area contributed by atoms with Crippen molar-refractivity contribution >= 4 is 22.8 Å². The van der Waals surface area contributed by atoms with E-state index in [4.69, 9.17) is 23.7 Å². The first-order valence-electron chi connectivity index (χ1n) is 10.4. The van der Waals surface area contributed by atoms with Crippen molar-refractivity contribution in [3.8, 4) is 23.0 Å². The van der Waals surface area contributed by atoms with E-state index in [1.807, 2.05) is 26.0 Å². The fourth-order valence-corrected chi connectivity index (χ4v) is 4.39. The molecule has 0 spiro atoms. The number of oxime groups is 1. The SMILES string of the molecule is COc1cc(C2=C(c3cc(C)c(OC)c(C)c3)C(OC(C)=O)C/C2=N\O)cc(OC)c1OC. The minimum Gasteiger partial charge on any atom is -0.496 e. The van der Waals surface area contributed by atoms with Crippen LogP contribution < -0.4 is 18.9 Å². The predicted octanol–water partition coefficient (Wildman–Crippen LogP) is 4.41. The molecule has 1 unspecified atom stereocenters. The fraction of sp³-hybridized carbons (Fsp3) is 0.360. The minimum absolute atomic E-state index is 0.224. The Hall–Kier alpha value is -3.68. The van der Waals surface area contributed by atoms with Crippen molar-refractivity contribution < 1.29 is 33.7 Å². The van der Waals surface area contributed by atoms with Crippen molar-refractivity contribution in [2.75, 3.05) is 28.4 Å². The summed E-state index contributed by atoms with van der Waals surface area (Å²) in [6, 6.07) is 7.49. The second kappa shape index (κ2) is 9.85. The summed E-state index contributed by atoms with van der Waals surface area (Å²) in [6.07, 6.45) is -0.406. The highest BCUT2D eigenvalue weighted by Gasteiger charge is 2.36. The molecule has 8 heteroatoms. The molecule has 3 rings (SSSR count). The van der Waals surface area contributed by atoms with Crippen LogP contribution in [0, 0.1) is 13.8 Å². The summed E-state index contributed by atoms with van der Waals surface area (Å²) < 4.78 is 27.6. The number of carbonyl (C=O) groups is 1. The molecule has 8 nitrogen and oxygen atoms in total. The van der Waals surface area contributed by atoms with E-state index in [2.05, 4.69) is 5.16 Å². The number of methoxy groups -OCH3 is 4. The normalized spacial score (nSPS) is 16.7. The summed E-state index contributed by atoms with van der Waals surface area (Å²) in [5.41, 5.74) is 5.11. The first-order chi connectivity index (χ1) is 15.8. The lowest BCUT2D eigenvalue weighted by Crippen LogP contribution is -2.16. The van der Waals surface area contributed by atoms with Crippen LogP contribution in [0.1, 0.15) is 35.6 Å². The zero-order valence-corrected chi connectivity index (χ0v) is 19.9. The maximum Gasteiger partial charge on any atom is 0.303 e. The molecule has 0 saturated carbocycles. The Kier molecular flexibility index (Phi) is 7.16. The van der Waals surface area contributed by atoms with Gasteiger partial charge in [-0.1, -0.05) is 5.16 Å². The van der Waals surface area contributed by atoms with Gasteiger partial charge in [0.1, 0.15) is 11.9 Å². The molecular formula is C25H29NO7. The largest absolute Gasteiger partial charge is 0.496 e.